The highest BCUT2D eigenvalue weighted by Crippen LogP contribution is 2.25. The normalized spacial score (nSPS) is 22.9. The van der Waals surface area contributed by atoms with Gasteiger partial charge in [0.05, 0.1) is 5.92 Å². The molecule has 0 aliphatic carbocycles. The summed E-state index contributed by atoms with van der Waals surface area (Å²) in [4.78, 5) is 41.2. The number of hydrogen-bond acceptors (Lipinski definition) is 3. The number of hydrogen-bond donors (Lipinski definition) is 2. The predicted octanol–water partition coefficient (Wildman–Crippen LogP) is 2.06. The van der Waals surface area contributed by atoms with E-state index in [0.717, 1.165) is 31.4 Å². The van der Waals surface area contributed by atoms with Crippen LogP contribution in [-0.4, -0.2) is 60.4 Å². The van der Waals surface area contributed by atoms with E-state index in [1.54, 1.807) is 16.8 Å². The Morgan fingerprint density at radius 3 is 2.52 bits per heavy atom. The van der Waals surface area contributed by atoms with Crippen LogP contribution in [0.15, 0.2) is 30.3 Å². The lowest BCUT2D eigenvalue weighted by molar-refractivity contribution is -0.146. The number of nitrogens with zero attached hydrogens (tertiary/aromatic N) is 2. The highest BCUT2D eigenvalue weighted by molar-refractivity contribution is 5.91. The molecule has 7 nitrogen and oxygen atoms in total. The number of piperidine rings is 2. The van der Waals surface area contributed by atoms with Gasteiger partial charge >= 0.3 is 6.03 Å². The molecule has 2 aliphatic rings. The van der Waals surface area contributed by atoms with Gasteiger partial charge in [0.2, 0.25) is 11.8 Å². The number of carbonyl (C=O) groups excluding carboxylic acids is 3. The molecule has 0 saturated carbocycles. The Hall–Kier alpha value is -2.57. The summed E-state index contributed by atoms with van der Waals surface area (Å²) in [5, 5.41) is 5.55. The van der Waals surface area contributed by atoms with Gasteiger partial charge in [0.25, 0.3) is 0 Å². The standard InChI is InChI=1S/C20H28N4O3/c1-21-18(25)17-11-5-6-13-24(17)19(26)15-8-7-12-23(14-15)20(27)22-16-9-3-2-4-10-16/h2-4,9-10,15,17H,5-8,11-14H2,1H3,(H,21,25)(H,22,27). The first-order valence-electron chi connectivity index (χ1n) is 9.73. The van der Waals surface area contributed by atoms with Gasteiger partial charge in [-0.15, -0.1) is 0 Å². The van der Waals surface area contributed by atoms with Crippen LogP contribution in [0.3, 0.4) is 0 Å². The van der Waals surface area contributed by atoms with Gasteiger partial charge in [0.1, 0.15) is 6.04 Å². The van der Waals surface area contributed by atoms with Crippen LogP contribution in [0.1, 0.15) is 32.1 Å². The largest absolute Gasteiger partial charge is 0.357 e. The fraction of sp³-hybridized carbons (Fsp3) is 0.550. The van der Waals surface area contributed by atoms with E-state index in [4.69, 9.17) is 0 Å². The van der Waals surface area contributed by atoms with Crippen LogP contribution in [0, 0.1) is 5.92 Å². The third kappa shape index (κ3) is 4.59. The maximum atomic E-state index is 13.1. The van der Waals surface area contributed by atoms with Gasteiger partial charge in [-0.3, -0.25) is 9.59 Å². The molecule has 1 aromatic carbocycles. The Labute approximate surface area is 160 Å². The van der Waals surface area contributed by atoms with Gasteiger partial charge in [-0.25, -0.2) is 4.79 Å². The van der Waals surface area contributed by atoms with Gasteiger partial charge in [-0.2, -0.15) is 0 Å². The zero-order chi connectivity index (χ0) is 19.2. The first kappa shape index (κ1) is 19.2. The number of nitrogens with one attached hydrogen (secondary N) is 2. The Morgan fingerprint density at radius 1 is 1.00 bits per heavy atom. The highest BCUT2D eigenvalue weighted by Gasteiger charge is 2.37. The molecule has 0 aromatic heterocycles. The number of benzene rings is 1. The average Bonchev–Trinajstić information content (AvgIpc) is 2.73. The minimum atomic E-state index is -0.384. The fourth-order valence-corrected chi connectivity index (χ4v) is 3.96. The van der Waals surface area contributed by atoms with Crippen molar-refractivity contribution >= 4 is 23.5 Å². The van der Waals surface area contributed by atoms with E-state index in [2.05, 4.69) is 10.6 Å². The zero-order valence-corrected chi connectivity index (χ0v) is 15.8. The quantitative estimate of drug-likeness (QED) is 0.852. The summed E-state index contributed by atoms with van der Waals surface area (Å²) in [5.74, 6) is -0.344. The summed E-state index contributed by atoms with van der Waals surface area (Å²) in [6, 6.07) is 8.75. The first-order chi connectivity index (χ1) is 13.1. The maximum absolute atomic E-state index is 13.1. The predicted molar refractivity (Wildman–Crippen MR) is 103 cm³/mol. The van der Waals surface area contributed by atoms with Crippen LogP contribution in [0.4, 0.5) is 10.5 Å². The van der Waals surface area contributed by atoms with Crippen molar-refractivity contribution in [2.75, 3.05) is 32.0 Å². The number of rotatable bonds is 3. The maximum Gasteiger partial charge on any atom is 0.321 e. The molecule has 2 atom stereocenters. The molecule has 0 spiro atoms. The van der Waals surface area contributed by atoms with E-state index >= 15 is 0 Å². The number of likely N-dealkylation sites (tertiary alicyclic amines) is 2. The van der Waals surface area contributed by atoms with Crippen molar-refractivity contribution in [1.29, 1.82) is 0 Å². The molecule has 146 valence electrons. The van der Waals surface area contributed by atoms with E-state index in [1.807, 2.05) is 30.3 Å². The molecule has 4 amide bonds. The zero-order valence-electron chi connectivity index (χ0n) is 15.8. The van der Waals surface area contributed by atoms with Gasteiger partial charge < -0.3 is 20.4 Å². The summed E-state index contributed by atoms with van der Waals surface area (Å²) in [7, 11) is 1.61. The molecule has 0 bridgehead atoms. The van der Waals surface area contributed by atoms with E-state index in [1.165, 1.54) is 0 Å². The Bertz CT molecular complexity index is 679. The molecule has 27 heavy (non-hydrogen) atoms. The molecular formula is C20H28N4O3. The second kappa shape index (κ2) is 8.88. The van der Waals surface area contributed by atoms with Crippen molar-refractivity contribution in [2.45, 2.75) is 38.1 Å². The van der Waals surface area contributed by atoms with Crippen LogP contribution in [0.5, 0.6) is 0 Å². The van der Waals surface area contributed by atoms with Gasteiger partial charge in [-0.1, -0.05) is 18.2 Å². The van der Waals surface area contributed by atoms with Crippen molar-refractivity contribution in [2.24, 2.45) is 5.92 Å². The van der Waals surface area contributed by atoms with Crippen LogP contribution >= 0.6 is 0 Å². The highest BCUT2D eigenvalue weighted by atomic mass is 16.2. The van der Waals surface area contributed by atoms with E-state index in [9.17, 15) is 14.4 Å². The van der Waals surface area contributed by atoms with Gasteiger partial charge in [0.15, 0.2) is 0 Å². The van der Waals surface area contributed by atoms with Gasteiger partial charge in [-0.05, 0) is 44.2 Å². The third-order valence-corrected chi connectivity index (χ3v) is 5.42. The van der Waals surface area contributed by atoms with Crippen molar-refractivity contribution in [3.63, 3.8) is 0 Å². The summed E-state index contributed by atoms with van der Waals surface area (Å²) in [6.07, 6.45) is 4.13. The Kier molecular flexibility index (Phi) is 6.32. The second-order valence-corrected chi connectivity index (χ2v) is 7.24. The number of likely N-dealkylation sites (N-methyl/N-ethyl adjacent to an activating group) is 1. The average molecular weight is 372 g/mol. The summed E-state index contributed by atoms with van der Waals surface area (Å²) in [6.45, 7) is 1.65. The summed E-state index contributed by atoms with van der Waals surface area (Å²) >= 11 is 0. The lowest BCUT2D eigenvalue weighted by Crippen LogP contribution is -2.55. The third-order valence-electron chi connectivity index (χ3n) is 5.42. The van der Waals surface area contributed by atoms with Crippen molar-refractivity contribution in [3.8, 4) is 0 Å². The summed E-state index contributed by atoms with van der Waals surface area (Å²) < 4.78 is 0. The van der Waals surface area contributed by atoms with Crippen LogP contribution in [0.2, 0.25) is 0 Å². The number of carbonyl (C=O) groups is 3. The van der Waals surface area contributed by atoms with Crippen molar-refractivity contribution in [1.82, 2.24) is 15.1 Å². The molecule has 7 heteroatoms. The number of anilines is 1. The Morgan fingerprint density at radius 2 is 1.78 bits per heavy atom. The van der Waals surface area contributed by atoms with E-state index in [-0.39, 0.29) is 29.8 Å². The smallest absolute Gasteiger partial charge is 0.321 e. The molecule has 2 aliphatic heterocycles. The lowest BCUT2D eigenvalue weighted by atomic mass is 9.93. The molecule has 0 radical (unpaired) electrons. The van der Waals surface area contributed by atoms with Crippen LogP contribution in [-0.2, 0) is 9.59 Å². The van der Waals surface area contributed by atoms with Crippen molar-refractivity contribution < 1.29 is 14.4 Å². The van der Waals surface area contributed by atoms with Crippen molar-refractivity contribution in [3.05, 3.63) is 30.3 Å². The number of urea groups is 1. The molecule has 2 N–H and O–H groups in total. The molecule has 2 unspecified atom stereocenters. The summed E-state index contributed by atoms with van der Waals surface area (Å²) in [5.41, 5.74) is 0.742. The minimum absolute atomic E-state index is 0.000473. The van der Waals surface area contributed by atoms with Gasteiger partial charge in [0, 0.05) is 32.4 Å². The Balaban J connectivity index is 1.63. The van der Waals surface area contributed by atoms with E-state index in [0.29, 0.717) is 26.1 Å². The molecule has 2 saturated heterocycles. The van der Waals surface area contributed by atoms with Crippen LogP contribution in [0.25, 0.3) is 0 Å². The topological polar surface area (TPSA) is 81.8 Å². The molecule has 2 fully saturated rings. The van der Waals surface area contributed by atoms with E-state index < -0.39 is 0 Å². The molecule has 3 rings (SSSR count). The lowest BCUT2D eigenvalue weighted by Gasteiger charge is -2.39. The second-order valence-electron chi connectivity index (χ2n) is 7.24. The SMILES string of the molecule is CNC(=O)C1CCCCN1C(=O)C1CCCN(C(=O)Nc2ccccc2)C1. The molecular weight excluding hydrogens is 344 g/mol. The molecule has 2 heterocycles. The molecule has 1 aromatic rings. The number of amides is 4. The monoisotopic (exact) mass is 372 g/mol. The first-order valence-corrected chi connectivity index (χ1v) is 9.73. The fourth-order valence-electron chi connectivity index (χ4n) is 3.96. The van der Waals surface area contributed by atoms with Crippen LogP contribution < -0.4 is 10.6 Å². The minimum Gasteiger partial charge on any atom is -0.357 e. The number of para-hydroxylation sites is 1.